The van der Waals surface area contributed by atoms with Crippen molar-refractivity contribution < 1.29 is 0 Å². The van der Waals surface area contributed by atoms with E-state index in [0.717, 1.165) is 12.0 Å². The molecule has 0 aromatic heterocycles. The summed E-state index contributed by atoms with van der Waals surface area (Å²) in [6, 6.07) is 1.40. The van der Waals surface area contributed by atoms with Crippen LogP contribution in [0.3, 0.4) is 0 Å². The molecule has 0 aromatic carbocycles. The molecule has 0 aliphatic carbocycles. The summed E-state index contributed by atoms with van der Waals surface area (Å²) in [6.45, 7) is 10.4. The normalized spacial score (nSPS) is 27.8. The van der Waals surface area contributed by atoms with Crippen molar-refractivity contribution in [2.24, 2.45) is 5.92 Å². The van der Waals surface area contributed by atoms with Crippen molar-refractivity contribution in [2.45, 2.75) is 46.2 Å². The fourth-order valence-electron chi connectivity index (χ4n) is 2.24. The van der Waals surface area contributed by atoms with Crippen LogP contribution < -0.4 is 0 Å². The summed E-state index contributed by atoms with van der Waals surface area (Å²) >= 11 is 0. The van der Waals surface area contributed by atoms with Crippen LogP contribution in [0, 0.1) is 5.92 Å². The summed E-state index contributed by atoms with van der Waals surface area (Å²) in [4.78, 5) is 0. The zero-order chi connectivity index (χ0) is 9.30. The summed E-state index contributed by atoms with van der Waals surface area (Å²) in [5.41, 5.74) is 0. The van der Waals surface area contributed by atoms with Gasteiger partial charge in [-0.1, -0.05) is 13.8 Å². The van der Waals surface area contributed by atoms with Gasteiger partial charge < -0.3 is 0 Å². The zero-order valence-electron chi connectivity index (χ0n) is 9.04. The van der Waals surface area contributed by atoms with E-state index in [-0.39, 0.29) is 0 Å². The van der Waals surface area contributed by atoms with Crippen LogP contribution in [0.15, 0.2) is 0 Å². The minimum Gasteiger partial charge on any atom is -0.244 e. The first kappa shape index (κ1) is 10.0. The highest BCUT2D eigenvalue weighted by atomic mass is 15.7. The molecule has 0 unspecified atom stereocenters. The zero-order valence-corrected chi connectivity index (χ0v) is 9.04. The summed E-state index contributed by atoms with van der Waals surface area (Å²) in [5.74, 6) is 0.775. The van der Waals surface area contributed by atoms with Gasteiger partial charge in [0.2, 0.25) is 0 Å². The van der Waals surface area contributed by atoms with Crippen molar-refractivity contribution in [3.63, 3.8) is 0 Å². The number of nitrogens with zero attached hydrogens (tertiary/aromatic N) is 2. The second-order valence-corrected chi connectivity index (χ2v) is 4.46. The van der Waals surface area contributed by atoms with Gasteiger partial charge in [0, 0.05) is 25.7 Å². The minimum absolute atomic E-state index is 0.643. The average Bonchev–Trinajstić information content (AvgIpc) is 2.30. The monoisotopic (exact) mass is 170 g/mol. The topological polar surface area (TPSA) is 6.48 Å². The smallest absolute Gasteiger partial charge is 0.0284 e. The van der Waals surface area contributed by atoms with Crippen LogP contribution in [0.2, 0.25) is 0 Å². The predicted octanol–water partition coefficient (Wildman–Crippen LogP) is 1.97. The molecule has 0 saturated carbocycles. The number of hydrazine groups is 1. The molecule has 2 heteroatoms. The molecule has 0 bridgehead atoms. The second kappa shape index (κ2) is 3.75. The lowest BCUT2D eigenvalue weighted by molar-refractivity contribution is -0.0226. The lowest BCUT2D eigenvalue weighted by atomic mass is 10.0. The van der Waals surface area contributed by atoms with Crippen molar-refractivity contribution in [1.82, 2.24) is 10.0 Å². The second-order valence-electron chi connectivity index (χ2n) is 4.46. The molecule has 1 aliphatic heterocycles. The molecule has 1 fully saturated rings. The quantitative estimate of drug-likeness (QED) is 0.625. The maximum Gasteiger partial charge on any atom is 0.0284 e. The first-order valence-electron chi connectivity index (χ1n) is 5.03. The van der Waals surface area contributed by atoms with E-state index in [1.807, 2.05) is 0 Å². The van der Waals surface area contributed by atoms with Crippen LogP contribution in [0.5, 0.6) is 0 Å². The van der Waals surface area contributed by atoms with Crippen molar-refractivity contribution in [3.05, 3.63) is 0 Å². The highest BCUT2D eigenvalue weighted by molar-refractivity contribution is 4.81. The van der Waals surface area contributed by atoms with Crippen molar-refractivity contribution in [3.8, 4) is 0 Å². The van der Waals surface area contributed by atoms with E-state index >= 15 is 0 Å². The van der Waals surface area contributed by atoms with Gasteiger partial charge >= 0.3 is 0 Å². The molecule has 0 radical (unpaired) electrons. The first-order chi connectivity index (χ1) is 5.54. The van der Waals surface area contributed by atoms with E-state index in [1.165, 1.54) is 13.0 Å². The number of hydrogen-bond acceptors (Lipinski definition) is 2. The highest BCUT2D eigenvalue weighted by Crippen LogP contribution is 2.25. The first-order valence-corrected chi connectivity index (χ1v) is 5.03. The third-order valence-electron chi connectivity index (χ3n) is 2.78. The SMILES string of the molecule is CC(C)[C@@H]1CCN(C)N1C(C)C. The van der Waals surface area contributed by atoms with E-state index in [2.05, 4.69) is 44.8 Å². The lowest BCUT2D eigenvalue weighted by Crippen LogP contribution is -2.45. The molecular formula is C10H22N2. The van der Waals surface area contributed by atoms with Crippen LogP contribution in [0.1, 0.15) is 34.1 Å². The third kappa shape index (κ3) is 1.80. The maximum atomic E-state index is 2.52. The molecule has 0 spiro atoms. The van der Waals surface area contributed by atoms with Gasteiger partial charge in [-0.3, -0.25) is 0 Å². The predicted molar refractivity (Wildman–Crippen MR) is 52.8 cm³/mol. The Labute approximate surface area is 76.5 Å². The van der Waals surface area contributed by atoms with E-state index in [0.29, 0.717) is 6.04 Å². The van der Waals surface area contributed by atoms with Crippen molar-refractivity contribution in [1.29, 1.82) is 0 Å². The third-order valence-corrected chi connectivity index (χ3v) is 2.78. The van der Waals surface area contributed by atoms with Gasteiger partial charge in [0.05, 0.1) is 0 Å². The molecule has 1 heterocycles. The largest absolute Gasteiger partial charge is 0.244 e. The Hall–Kier alpha value is -0.0800. The number of rotatable bonds is 2. The standard InChI is InChI=1S/C10H22N2/c1-8(2)10-6-7-11(5)12(10)9(3)4/h8-10H,6-7H2,1-5H3/t10-/m0/s1. The number of hydrogen-bond donors (Lipinski definition) is 0. The van der Waals surface area contributed by atoms with Crippen LogP contribution in [0.25, 0.3) is 0 Å². The molecule has 0 amide bonds. The Kier molecular flexibility index (Phi) is 3.13. The van der Waals surface area contributed by atoms with Gasteiger partial charge in [0.25, 0.3) is 0 Å². The molecule has 1 atom stereocenters. The van der Waals surface area contributed by atoms with E-state index < -0.39 is 0 Å². The Morgan fingerprint density at radius 3 is 2.08 bits per heavy atom. The molecule has 1 rings (SSSR count). The van der Waals surface area contributed by atoms with Crippen LogP contribution in [-0.2, 0) is 0 Å². The summed E-state index contributed by atoms with van der Waals surface area (Å²) in [7, 11) is 2.20. The van der Waals surface area contributed by atoms with Gasteiger partial charge in [-0.15, -0.1) is 0 Å². The van der Waals surface area contributed by atoms with Gasteiger partial charge in [0.1, 0.15) is 0 Å². The maximum absolute atomic E-state index is 2.52. The Balaban J connectivity index is 2.64. The fraction of sp³-hybridized carbons (Fsp3) is 1.00. The Bertz CT molecular complexity index is 143. The van der Waals surface area contributed by atoms with Gasteiger partial charge in [-0.2, -0.15) is 0 Å². The van der Waals surface area contributed by atoms with E-state index in [9.17, 15) is 0 Å². The van der Waals surface area contributed by atoms with Crippen LogP contribution in [0.4, 0.5) is 0 Å². The fourth-order valence-corrected chi connectivity index (χ4v) is 2.24. The summed E-state index contributed by atoms with van der Waals surface area (Å²) < 4.78 is 0. The molecular weight excluding hydrogens is 148 g/mol. The molecule has 1 saturated heterocycles. The Morgan fingerprint density at radius 2 is 1.75 bits per heavy atom. The van der Waals surface area contributed by atoms with Crippen LogP contribution >= 0.6 is 0 Å². The average molecular weight is 170 g/mol. The van der Waals surface area contributed by atoms with Gasteiger partial charge in [-0.05, 0) is 26.2 Å². The summed E-state index contributed by atoms with van der Waals surface area (Å²) in [6.07, 6.45) is 1.33. The molecule has 0 N–H and O–H groups in total. The van der Waals surface area contributed by atoms with Crippen molar-refractivity contribution in [2.75, 3.05) is 13.6 Å². The molecule has 0 aromatic rings. The molecule has 1 aliphatic rings. The molecule has 12 heavy (non-hydrogen) atoms. The Morgan fingerprint density at radius 1 is 1.17 bits per heavy atom. The van der Waals surface area contributed by atoms with E-state index in [1.54, 1.807) is 0 Å². The van der Waals surface area contributed by atoms with Crippen molar-refractivity contribution >= 4 is 0 Å². The molecule has 2 nitrogen and oxygen atoms in total. The lowest BCUT2D eigenvalue weighted by Gasteiger charge is -2.35. The minimum atomic E-state index is 0.643. The molecule has 72 valence electrons. The van der Waals surface area contributed by atoms with Crippen LogP contribution in [-0.4, -0.2) is 35.7 Å². The van der Waals surface area contributed by atoms with Gasteiger partial charge in [0.15, 0.2) is 0 Å². The van der Waals surface area contributed by atoms with Gasteiger partial charge in [-0.25, -0.2) is 10.0 Å². The summed E-state index contributed by atoms with van der Waals surface area (Å²) in [5, 5.41) is 4.89. The van der Waals surface area contributed by atoms with E-state index in [4.69, 9.17) is 0 Å². The highest BCUT2D eigenvalue weighted by Gasteiger charge is 2.32.